The fourth-order valence-corrected chi connectivity index (χ4v) is 5.38. The molecule has 0 bridgehead atoms. The number of terminal acetylenes is 1. The van der Waals surface area contributed by atoms with E-state index in [9.17, 15) is 9.59 Å². The maximum Gasteiger partial charge on any atom is 0.340 e. The van der Waals surface area contributed by atoms with E-state index < -0.39 is 11.6 Å². The number of rotatable bonds is 15. The molecule has 2 heterocycles. The Balaban J connectivity index is 1.25. The Bertz CT molecular complexity index is 1560. The SMILES string of the molecule is C#CCOCCOCCOCCOCNC(=O)c1ccc2c(c1)C(=O)OC21c2ccc(N(C)C)cc2Oc2cc(N(C)C)ccc21. The topological polar surface area (TPSA) is 108 Å². The van der Waals surface area contributed by atoms with Gasteiger partial charge in [-0.1, -0.05) is 12.0 Å². The van der Waals surface area contributed by atoms with E-state index in [1.54, 1.807) is 18.2 Å². The van der Waals surface area contributed by atoms with Crippen LogP contribution in [-0.4, -0.2) is 93.0 Å². The second-order valence-electron chi connectivity index (χ2n) is 11.1. The van der Waals surface area contributed by atoms with Crippen LogP contribution in [0.2, 0.25) is 0 Å². The molecule has 0 saturated carbocycles. The molecule has 11 nitrogen and oxygen atoms in total. The van der Waals surface area contributed by atoms with Crippen molar-refractivity contribution >= 4 is 23.3 Å². The lowest BCUT2D eigenvalue weighted by Crippen LogP contribution is -2.33. The predicted octanol–water partition coefficient (Wildman–Crippen LogP) is 3.77. The molecule has 1 spiro atoms. The highest BCUT2D eigenvalue weighted by atomic mass is 16.6. The number of hydrogen-bond donors (Lipinski definition) is 1. The van der Waals surface area contributed by atoms with Crippen LogP contribution in [0.3, 0.4) is 0 Å². The lowest BCUT2D eigenvalue weighted by atomic mass is 9.77. The molecule has 0 fully saturated rings. The van der Waals surface area contributed by atoms with Gasteiger partial charge in [0.15, 0.2) is 5.60 Å². The van der Waals surface area contributed by atoms with E-state index in [0.717, 1.165) is 11.4 Å². The molecule has 242 valence electrons. The van der Waals surface area contributed by atoms with Gasteiger partial charge in [0.1, 0.15) is 24.8 Å². The smallest absolute Gasteiger partial charge is 0.340 e. The van der Waals surface area contributed by atoms with E-state index >= 15 is 0 Å². The number of nitrogens with zero attached hydrogens (tertiary/aromatic N) is 2. The number of amides is 1. The molecule has 0 aromatic heterocycles. The van der Waals surface area contributed by atoms with Crippen LogP contribution < -0.4 is 19.9 Å². The summed E-state index contributed by atoms with van der Waals surface area (Å²) in [6.45, 7) is 2.60. The van der Waals surface area contributed by atoms with Crippen molar-refractivity contribution in [3.63, 3.8) is 0 Å². The van der Waals surface area contributed by atoms with Crippen molar-refractivity contribution in [2.75, 3.05) is 91.0 Å². The molecule has 0 unspecified atom stereocenters. The van der Waals surface area contributed by atoms with E-state index in [0.29, 0.717) is 72.4 Å². The summed E-state index contributed by atoms with van der Waals surface area (Å²) in [6, 6.07) is 16.7. The Hall–Kier alpha value is -4.60. The fourth-order valence-electron chi connectivity index (χ4n) is 5.38. The standard InChI is InChI=1S/C35H39N3O8/c1-6-13-41-14-15-42-16-17-43-18-19-44-23-36-33(39)24-7-10-28-27(20-24)34(40)46-35(28)29-11-8-25(37(2)3)21-31(29)45-32-22-26(38(4)5)9-12-30(32)35/h1,7-12,20-22H,13-19,23H2,2-5H3,(H,36,39). The molecule has 0 aliphatic carbocycles. The number of carbonyl (C=O) groups is 2. The second-order valence-corrected chi connectivity index (χ2v) is 11.1. The molecule has 3 aromatic carbocycles. The van der Waals surface area contributed by atoms with Gasteiger partial charge in [-0.05, 0) is 36.4 Å². The summed E-state index contributed by atoms with van der Waals surface area (Å²) >= 11 is 0. The van der Waals surface area contributed by atoms with Gasteiger partial charge in [-0.15, -0.1) is 6.42 Å². The highest BCUT2D eigenvalue weighted by Gasteiger charge is 2.53. The molecule has 1 amide bonds. The quantitative estimate of drug-likeness (QED) is 0.116. The number of anilines is 2. The Kier molecular flexibility index (Phi) is 10.4. The van der Waals surface area contributed by atoms with Crippen molar-refractivity contribution in [1.82, 2.24) is 5.32 Å². The lowest BCUT2D eigenvalue weighted by molar-refractivity contribution is -0.000663. The Morgan fingerprint density at radius 1 is 0.783 bits per heavy atom. The molecule has 11 heteroatoms. The minimum absolute atomic E-state index is 0.0167. The molecular formula is C35H39N3O8. The largest absolute Gasteiger partial charge is 0.456 e. The molecule has 5 rings (SSSR count). The summed E-state index contributed by atoms with van der Waals surface area (Å²) in [6.07, 6.45) is 5.11. The van der Waals surface area contributed by atoms with Gasteiger partial charge < -0.3 is 43.5 Å². The summed E-state index contributed by atoms with van der Waals surface area (Å²) in [4.78, 5) is 30.4. The van der Waals surface area contributed by atoms with Gasteiger partial charge in [-0.25, -0.2) is 4.79 Å². The Labute approximate surface area is 269 Å². The number of nitrogens with one attached hydrogen (secondary N) is 1. The van der Waals surface area contributed by atoms with Crippen molar-refractivity contribution in [3.8, 4) is 23.8 Å². The molecule has 1 N–H and O–H groups in total. The van der Waals surface area contributed by atoms with E-state index in [-0.39, 0.29) is 25.9 Å². The van der Waals surface area contributed by atoms with Gasteiger partial charge in [0.2, 0.25) is 0 Å². The first kappa shape index (κ1) is 32.8. The number of fused-ring (bicyclic) bond motifs is 6. The van der Waals surface area contributed by atoms with Crippen LogP contribution in [0.4, 0.5) is 11.4 Å². The maximum atomic E-state index is 13.5. The third kappa shape index (κ3) is 6.80. The van der Waals surface area contributed by atoms with Crippen LogP contribution in [0.5, 0.6) is 11.5 Å². The highest BCUT2D eigenvalue weighted by Crippen LogP contribution is 2.57. The summed E-state index contributed by atoms with van der Waals surface area (Å²) in [5, 5.41) is 2.73. The fraction of sp³-hybridized carbons (Fsp3) is 0.371. The zero-order chi connectivity index (χ0) is 32.7. The van der Waals surface area contributed by atoms with Gasteiger partial charge in [0, 0.05) is 74.0 Å². The van der Waals surface area contributed by atoms with Crippen molar-refractivity contribution < 1.29 is 38.0 Å². The van der Waals surface area contributed by atoms with Crippen molar-refractivity contribution in [2.45, 2.75) is 5.60 Å². The van der Waals surface area contributed by atoms with Crippen molar-refractivity contribution in [1.29, 1.82) is 0 Å². The Morgan fingerprint density at radius 2 is 1.33 bits per heavy atom. The molecule has 2 aliphatic heterocycles. The van der Waals surface area contributed by atoms with E-state index in [1.807, 2.05) is 74.4 Å². The van der Waals surface area contributed by atoms with Gasteiger partial charge in [-0.3, -0.25) is 4.79 Å². The van der Waals surface area contributed by atoms with Crippen LogP contribution in [0.25, 0.3) is 0 Å². The normalized spacial score (nSPS) is 13.6. The number of esters is 1. The summed E-state index contributed by atoms with van der Waals surface area (Å²) in [7, 11) is 7.81. The maximum absolute atomic E-state index is 13.5. The number of carbonyl (C=O) groups excluding carboxylic acids is 2. The number of ether oxygens (including phenoxy) is 6. The van der Waals surface area contributed by atoms with Crippen LogP contribution in [-0.2, 0) is 29.3 Å². The Morgan fingerprint density at radius 3 is 1.89 bits per heavy atom. The predicted molar refractivity (Wildman–Crippen MR) is 173 cm³/mol. The summed E-state index contributed by atoms with van der Waals surface area (Å²) < 4.78 is 34.1. The highest BCUT2D eigenvalue weighted by molar-refractivity contribution is 6.01. The first-order chi connectivity index (χ1) is 22.3. The molecule has 2 aliphatic rings. The average molecular weight is 630 g/mol. The van der Waals surface area contributed by atoms with E-state index in [4.69, 9.17) is 34.8 Å². The molecule has 0 saturated heterocycles. The minimum atomic E-state index is -1.23. The van der Waals surface area contributed by atoms with Gasteiger partial charge >= 0.3 is 5.97 Å². The zero-order valence-corrected chi connectivity index (χ0v) is 26.6. The first-order valence-electron chi connectivity index (χ1n) is 15.0. The lowest BCUT2D eigenvalue weighted by Gasteiger charge is -2.37. The van der Waals surface area contributed by atoms with Crippen LogP contribution >= 0.6 is 0 Å². The monoisotopic (exact) mass is 629 g/mol. The van der Waals surface area contributed by atoms with Crippen LogP contribution in [0, 0.1) is 12.3 Å². The summed E-state index contributed by atoms with van der Waals surface area (Å²) in [5.74, 6) is 2.68. The number of hydrogen-bond acceptors (Lipinski definition) is 10. The molecule has 0 atom stereocenters. The summed E-state index contributed by atoms with van der Waals surface area (Å²) in [5.41, 5.74) is 3.36. The van der Waals surface area contributed by atoms with Crippen LogP contribution in [0.1, 0.15) is 37.4 Å². The first-order valence-corrected chi connectivity index (χ1v) is 15.0. The average Bonchev–Trinajstić information content (AvgIpc) is 3.34. The molecule has 0 radical (unpaired) electrons. The molecule has 46 heavy (non-hydrogen) atoms. The van der Waals surface area contributed by atoms with E-state index in [2.05, 4.69) is 11.2 Å². The zero-order valence-electron chi connectivity index (χ0n) is 26.6. The minimum Gasteiger partial charge on any atom is -0.456 e. The van der Waals surface area contributed by atoms with Crippen LogP contribution in [0.15, 0.2) is 54.6 Å². The van der Waals surface area contributed by atoms with Gasteiger partial charge in [-0.2, -0.15) is 0 Å². The second kappa shape index (κ2) is 14.7. The molecular weight excluding hydrogens is 590 g/mol. The van der Waals surface area contributed by atoms with Crippen molar-refractivity contribution in [2.24, 2.45) is 0 Å². The van der Waals surface area contributed by atoms with Gasteiger partial charge in [0.05, 0.1) is 45.2 Å². The molecule has 3 aromatic rings. The van der Waals surface area contributed by atoms with Crippen molar-refractivity contribution in [3.05, 3.63) is 82.4 Å². The van der Waals surface area contributed by atoms with E-state index in [1.165, 1.54) is 0 Å². The third-order valence-corrected chi connectivity index (χ3v) is 7.70. The number of benzene rings is 3. The van der Waals surface area contributed by atoms with Gasteiger partial charge in [0.25, 0.3) is 5.91 Å². The third-order valence-electron chi connectivity index (χ3n) is 7.70.